The predicted octanol–water partition coefficient (Wildman–Crippen LogP) is 1.95. The summed E-state index contributed by atoms with van der Waals surface area (Å²) in [4.78, 5) is 11.4. The molecule has 1 aromatic heterocycles. The fourth-order valence-corrected chi connectivity index (χ4v) is 4.33. The first kappa shape index (κ1) is 14.9. The monoisotopic (exact) mass is 289 g/mol. The minimum Gasteiger partial charge on any atom is -0.477 e. The van der Waals surface area contributed by atoms with Crippen molar-refractivity contribution in [2.75, 3.05) is 13.1 Å². The number of hydrogen-bond acceptors (Lipinski definition) is 4. The molecule has 0 atom stereocenters. The van der Waals surface area contributed by atoms with Gasteiger partial charge in [-0.25, -0.2) is 13.2 Å². The van der Waals surface area contributed by atoms with Crippen LogP contribution < -0.4 is 0 Å². The maximum Gasteiger partial charge on any atom is 0.345 e. The molecule has 0 aliphatic carbocycles. The topological polar surface area (TPSA) is 74.7 Å². The number of sulfonamides is 1. The zero-order valence-corrected chi connectivity index (χ0v) is 11.8. The Balaban J connectivity index is 3.27. The Hall–Kier alpha value is -1.18. The molecule has 5 nitrogen and oxygen atoms in total. The van der Waals surface area contributed by atoms with Gasteiger partial charge in [0.15, 0.2) is 0 Å². The van der Waals surface area contributed by atoms with Gasteiger partial charge < -0.3 is 5.11 Å². The summed E-state index contributed by atoms with van der Waals surface area (Å²) in [5.41, 5.74) is 0. The molecule has 0 aliphatic rings. The lowest BCUT2D eigenvalue weighted by atomic mass is 10.4. The van der Waals surface area contributed by atoms with Crippen molar-refractivity contribution in [3.05, 3.63) is 28.5 Å². The molecule has 0 aromatic carbocycles. The number of likely N-dealkylation sites (N-methyl/N-ethyl adjacent to an activating group) is 1. The van der Waals surface area contributed by atoms with Crippen LogP contribution >= 0.6 is 11.3 Å². The van der Waals surface area contributed by atoms with Crippen LogP contribution in [0.25, 0.3) is 0 Å². The van der Waals surface area contributed by atoms with Gasteiger partial charge in [-0.3, -0.25) is 0 Å². The number of carboxylic acid groups (broad SMARTS) is 1. The highest BCUT2D eigenvalue weighted by Gasteiger charge is 2.27. The van der Waals surface area contributed by atoms with E-state index in [0.717, 1.165) is 11.3 Å². The summed E-state index contributed by atoms with van der Waals surface area (Å²) in [6.45, 7) is 7.36. The van der Waals surface area contributed by atoms with E-state index in [0.29, 0.717) is 11.4 Å². The molecular weight excluding hydrogens is 274 g/mol. The first-order chi connectivity index (χ1) is 8.34. The van der Waals surface area contributed by atoms with Gasteiger partial charge in [-0.1, -0.05) is 13.0 Å². The Morgan fingerprint density at radius 2 is 2.22 bits per heavy atom. The smallest absolute Gasteiger partial charge is 0.345 e. The highest BCUT2D eigenvalue weighted by molar-refractivity contribution is 7.89. The fourth-order valence-electron chi connectivity index (χ4n) is 1.51. The third-order valence-corrected chi connectivity index (χ3v) is 5.62. The SMILES string of the molecule is C=CCN(CC)S(=O)(=O)c1cc(C(=O)O)sc1C. The van der Waals surface area contributed by atoms with E-state index in [1.165, 1.54) is 16.4 Å². The molecule has 0 fully saturated rings. The average molecular weight is 289 g/mol. The molecule has 0 radical (unpaired) electrons. The Morgan fingerprint density at radius 3 is 2.61 bits per heavy atom. The van der Waals surface area contributed by atoms with Gasteiger partial charge in [0.1, 0.15) is 4.88 Å². The third-order valence-electron chi connectivity index (χ3n) is 2.39. The number of hydrogen-bond donors (Lipinski definition) is 1. The minimum atomic E-state index is -3.65. The summed E-state index contributed by atoms with van der Waals surface area (Å²) in [7, 11) is -3.65. The molecule has 7 heteroatoms. The van der Waals surface area contributed by atoms with E-state index in [1.54, 1.807) is 13.8 Å². The van der Waals surface area contributed by atoms with Crippen LogP contribution in [0.3, 0.4) is 0 Å². The van der Waals surface area contributed by atoms with Crippen LogP contribution in [0.1, 0.15) is 21.5 Å². The number of thiophene rings is 1. The van der Waals surface area contributed by atoms with Crippen LogP contribution in [0, 0.1) is 6.92 Å². The quantitative estimate of drug-likeness (QED) is 0.812. The molecule has 0 saturated carbocycles. The van der Waals surface area contributed by atoms with Gasteiger partial charge in [-0.2, -0.15) is 4.31 Å². The van der Waals surface area contributed by atoms with Gasteiger partial charge in [0.05, 0.1) is 4.90 Å². The Bertz CT molecular complexity index is 560. The molecule has 100 valence electrons. The van der Waals surface area contributed by atoms with Gasteiger partial charge in [-0.05, 0) is 13.0 Å². The van der Waals surface area contributed by atoms with Crippen molar-refractivity contribution in [1.29, 1.82) is 0 Å². The molecule has 1 rings (SSSR count). The molecule has 1 heterocycles. The molecule has 1 aromatic rings. The molecule has 0 bridgehead atoms. The van der Waals surface area contributed by atoms with Gasteiger partial charge in [0, 0.05) is 18.0 Å². The highest BCUT2D eigenvalue weighted by Crippen LogP contribution is 2.28. The summed E-state index contributed by atoms with van der Waals surface area (Å²) in [5, 5.41) is 8.87. The largest absolute Gasteiger partial charge is 0.477 e. The summed E-state index contributed by atoms with van der Waals surface area (Å²) in [5.74, 6) is -1.11. The lowest BCUT2D eigenvalue weighted by Crippen LogP contribution is -2.31. The molecular formula is C11H15NO4S2. The van der Waals surface area contributed by atoms with Crippen LogP contribution in [0.15, 0.2) is 23.6 Å². The van der Waals surface area contributed by atoms with Crippen LogP contribution in [0.5, 0.6) is 0 Å². The lowest BCUT2D eigenvalue weighted by molar-refractivity contribution is 0.0702. The van der Waals surface area contributed by atoms with Crippen LogP contribution in [0.4, 0.5) is 0 Å². The average Bonchev–Trinajstić information content (AvgIpc) is 2.68. The Morgan fingerprint density at radius 1 is 1.61 bits per heavy atom. The molecule has 0 saturated heterocycles. The van der Waals surface area contributed by atoms with Crippen molar-refractivity contribution < 1.29 is 18.3 Å². The molecule has 0 unspecified atom stereocenters. The Kier molecular flexibility index (Phi) is 4.66. The van der Waals surface area contributed by atoms with E-state index in [9.17, 15) is 13.2 Å². The maximum atomic E-state index is 12.3. The second-order valence-corrected chi connectivity index (χ2v) is 6.74. The standard InChI is InChI=1S/C11H15NO4S2/c1-4-6-12(5-2)18(15,16)10-7-9(11(13)14)17-8(10)3/h4,7H,1,5-6H2,2-3H3,(H,13,14). The summed E-state index contributed by atoms with van der Waals surface area (Å²) >= 11 is 0.964. The van der Waals surface area contributed by atoms with E-state index in [4.69, 9.17) is 5.11 Å². The van der Waals surface area contributed by atoms with E-state index in [1.807, 2.05) is 0 Å². The van der Waals surface area contributed by atoms with Gasteiger partial charge in [-0.15, -0.1) is 17.9 Å². The number of nitrogens with zero attached hydrogens (tertiary/aromatic N) is 1. The Labute approximate surface area is 110 Å². The van der Waals surface area contributed by atoms with Crippen LogP contribution in [0.2, 0.25) is 0 Å². The normalized spacial score (nSPS) is 11.7. The minimum absolute atomic E-state index is 0.0285. The van der Waals surface area contributed by atoms with Crippen molar-refractivity contribution in [3.8, 4) is 0 Å². The second-order valence-electron chi connectivity index (χ2n) is 3.58. The van der Waals surface area contributed by atoms with Gasteiger partial charge in [0.25, 0.3) is 0 Å². The summed E-state index contributed by atoms with van der Waals surface area (Å²) < 4.78 is 25.9. The first-order valence-electron chi connectivity index (χ1n) is 5.29. The van der Waals surface area contributed by atoms with Crippen molar-refractivity contribution >= 4 is 27.3 Å². The van der Waals surface area contributed by atoms with Crippen molar-refractivity contribution in [2.24, 2.45) is 0 Å². The summed E-state index contributed by atoms with van der Waals surface area (Å²) in [6, 6.07) is 1.21. The van der Waals surface area contributed by atoms with Crippen molar-refractivity contribution in [1.82, 2.24) is 4.31 Å². The molecule has 1 N–H and O–H groups in total. The zero-order valence-electron chi connectivity index (χ0n) is 10.2. The maximum absolute atomic E-state index is 12.3. The number of aryl methyl sites for hydroxylation is 1. The second kappa shape index (κ2) is 5.64. The lowest BCUT2D eigenvalue weighted by Gasteiger charge is -2.18. The fraction of sp³-hybridized carbons (Fsp3) is 0.364. The van der Waals surface area contributed by atoms with Crippen LogP contribution in [-0.4, -0.2) is 36.9 Å². The van der Waals surface area contributed by atoms with Gasteiger partial charge >= 0.3 is 5.97 Å². The first-order valence-corrected chi connectivity index (χ1v) is 7.55. The molecule has 0 spiro atoms. The number of carboxylic acids is 1. The zero-order chi connectivity index (χ0) is 13.9. The molecule has 0 amide bonds. The van der Waals surface area contributed by atoms with Gasteiger partial charge in [0.2, 0.25) is 10.0 Å². The van der Waals surface area contributed by atoms with E-state index in [2.05, 4.69) is 6.58 Å². The van der Waals surface area contributed by atoms with Crippen molar-refractivity contribution in [3.63, 3.8) is 0 Å². The molecule has 18 heavy (non-hydrogen) atoms. The number of carbonyl (C=O) groups is 1. The van der Waals surface area contributed by atoms with E-state index in [-0.39, 0.29) is 16.3 Å². The van der Waals surface area contributed by atoms with E-state index < -0.39 is 16.0 Å². The number of rotatable bonds is 6. The predicted molar refractivity (Wildman–Crippen MR) is 70.6 cm³/mol. The third kappa shape index (κ3) is 2.80. The van der Waals surface area contributed by atoms with Crippen LogP contribution in [-0.2, 0) is 10.0 Å². The highest BCUT2D eigenvalue weighted by atomic mass is 32.2. The number of aromatic carboxylic acids is 1. The molecule has 0 aliphatic heterocycles. The summed E-state index contributed by atoms with van der Waals surface area (Å²) in [6.07, 6.45) is 1.50. The van der Waals surface area contributed by atoms with Crippen molar-refractivity contribution in [2.45, 2.75) is 18.7 Å². The van der Waals surface area contributed by atoms with E-state index >= 15 is 0 Å².